The van der Waals surface area contributed by atoms with E-state index < -0.39 is 0 Å². The van der Waals surface area contributed by atoms with Crippen molar-refractivity contribution < 1.29 is 9.18 Å². The SMILES string of the molecule is C[C@@H](C(=O)Nc1ccc(Br)cc1)N1CCN(c2ccccc2F)CC1. The van der Waals surface area contributed by atoms with Gasteiger partial charge in [0.05, 0.1) is 11.7 Å². The molecular formula is C19H21BrFN3O. The molecule has 6 heteroatoms. The average molecular weight is 406 g/mol. The minimum Gasteiger partial charge on any atom is -0.367 e. The van der Waals surface area contributed by atoms with Crippen LogP contribution in [0.15, 0.2) is 53.0 Å². The number of amides is 1. The number of halogens is 2. The summed E-state index contributed by atoms with van der Waals surface area (Å²) in [6.45, 7) is 4.77. The Morgan fingerprint density at radius 3 is 2.36 bits per heavy atom. The summed E-state index contributed by atoms with van der Waals surface area (Å²) in [5.74, 6) is -0.223. The Labute approximate surface area is 155 Å². The van der Waals surface area contributed by atoms with Crippen LogP contribution in [0.25, 0.3) is 0 Å². The first-order valence-corrected chi connectivity index (χ1v) is 9.14. The fraction of sp³-hybridized carbons (Fsp3) is 0.316. The van der Waals surface area contributed by atoms with Crippen LogP contribution in [-0.2, 0) is 4.79 Å². The van der Waals surface area contributed by atoms with Crippen molar-refractivity contribution in [2.45, 2.75) is 13.0 Å². The van der Waals surface area contributed by atoms with Crippen LogP contribution in [0.4, 0.5) is 15.8 Å². The Morgan fingerprint density at radius 2 is 1.72 bits per heavy atom. The lowest BCUT2D eigenvalue weighted by molar-refractivity contribution is -0.120. The monoisotopic (exact) mass is 405 g/mol. The molecule has 1 atom stereocenters. The second-order valence-corrected chi connectivity index (χ2v) is 7.06. The van der Waals surface area contributed by atoms with Crippen LogP contribution in [-0.4, -0.2) is 43.0 Å². The van der Waals surface area contributed by atoms with Crippen molar-refractivity contribution >= 4 is 33.2 Å². The van der Waals surface area contributed by atoms with E-state index in [-0.39, 0.29) is 17.8 Å². The highest BCUT2D eigenvalue weighted by Gasteiger charge is 2.26. The van der Waals surface area contributed by atoms with Crippen molar-refractivity contribution in [3.05, 3.63) is 58.8 Å². The minimum atomic E-state index is -0.230. The molecule has 1 N–H and O–H groups in total. The number of para-hydroxylation sites is 1. The molecule has 0 aliphatic carbocycles. The maximum atomic E-state index is 13.9. The maximum Gasteiger partial charge on any atom is 0.241 e. The number of nitrogens with one attached hydrogen (secondary N) is 1. The van der Waals surface area contributed by atoms with Crippen LogP contribution in [0.1, 0.15) is 6.92 Å². The van der Waals surface area contributed by atoms with Crippen molar-refractivity contribution in [3.8, 4) is 0 Å². The van der Waals surface area contributed by atoms with Crippen LogP contribution in [0.5, 0.6) is 0 Å². The Bertz CT molecular complexity index is 730. The van der Waals surface area contributed by atoms with Crippen molar-refractivity contribution in [1.29, 1.82) is 0 Å². The normalized spacial score (nSPS) is 16.5. The summed E-state index contributed by atoms with van der Waals surface area (Å²) < 4.78 is 14.9. The molecular weight excluding hydrogens is 385 g/mol. The van der Waals surface area contributed by atoms with Crippen molar-refractivity contribution in [2.24, 2.45) is 0 Å². The molecule has 3 rings (SSSR count). The maximum absolute atomic E-state index is 13.9. The van der Waals surface area contributed by atoms with Gasteiger partial charge in [-0.1, -0.05) is 28.1 Å². The molecule has 132 valence electrons. The molecule has 2 aromatic carbocycles. The summed E-state index contributed by atoms with van der Waals surface area (Å²) in [7, 11) is 0. The predicted octanol–water partition coefficient (Wildman–Crippen LogP) is 3.74. The highest BCUT2D eigenvalue weighted by molar-refractivity contribution is 9.10. The number of rotatable bonds is 4. The lowest BCUT2D eigenvalue weighted by atomic mass is 10.2. The Balaban J connectivity index is 1.56. The summed E-state index contributed by atoms with van der Waals surface area (Å²) in [5, 5.41) is 2.94. The van der Waals surface area contributed by atoms with Crippen molar-refractivity contribution in [1.82, 2.24) is 4.90 Å². The Kier molecular flexibility index (Phi) is 5.71. The quantitative estimate of drug-likeness (QED) is 0.841. The first-order chi connectivity index (χ1) is 12.0. The second kappa shape index (κ2) is 7.97. The van der Waals surface area contributed by atoms with Gasteiger partial charge in [0.15, 0.2) is 0 Å². The zero-order chi connectivity index (χ0) is 17.8. The van der Waals surface area contributed by atoms with E-state index in [2.05, 4.69) is 26.1 Å². The average Bonchev–Trinajstić information content (AvgIpc) is 2.63. The lowest BCUT2D eigenvalue weighted by Gasteiger charge is -2.38. The molecule has 1 amide bonds. The molecule has 2 aromatic rings. The number of anilines is 2. The van der Waals surface area contributed by atoms with E-state index in [9.17, 15) is 9.18 Å². The third kappa shape index (κ3) is 4.38. The van der Waals surface area contributed by atoms with Crippen LogP contribution >= 0.6 is 15.9 Å². The number of nitrogens with zero attached hydrogens (tertiary/aromatic N) is 2. The standard InChI is InChI=1S/C19H21BrFN3O/c1-14(19(25)22-16-8-6-15(20)7-9-16)23-10-12-24(13-11-23)18-5-3-2-4-17(18)21/h2-9,14H,10-13H2,1H3,(H,22,25)/t14-/m0/s1. The van der Waals surface area contributed by atoms with Crippen LogP contribution in [0, 0.1) is 5.82 Å². The lowest BCUT2D eigenvalue weighted by Crippen LogP contribution is -2.53. The first-order valence-electron chi connectivity index (χ1n) is 8.34. The molecule has 0 spiro atoms. The zero-order valence-electron chi connectivity index (χ0n) is 14.1. The van der Waals surface area contributed by atoms with Gasteiger partial charge in [-0.2, -0.15) is 0 Å². The Morgan fingerprint density at radius 1 is 1.08 bits per heavy atom. The van der Waals surface area contributed by atoms with Gasteiger partial charge in [0.2, 0.25) is 5.91 Å². The summed E-state index contributed by atoms with van der Waals surface area (Å²) in [6.07, 6.45) is 0. The van der Waals surface area contributed by atoms with Crippen LogP contribution in [0.2, 0.25) is 0 Å². The summed E-state index contributed by atoms with van der Waals surface area (Å²) in [6, 6.07) is 14.1. The van der Waals surface area contributed by atoms with E-state index in [0.717, 1.165) is 23.2 Å². The van der Waals surface area contributed by atoms with Gasteiger partial charge in [-0.3, -0.25) is 9.69 Å². The summed E-state index contributed by atoms with van der Waals surface area (Å²) in [4.78, 5) is 16.6. The summed E-state index contributed by atoms with van der Waals surface area (Å²) in [5.41, 5.74) is 1.42. The smallest absolute Gasteiger partial charge is 0.241 e. The van der Waals surface area contributed by atoms with Gasteiger partial charge in [-0.05, 0) is 43.3 Å². The largest absolute Gasteiger partial charge is 0.367 e. The number of carbonyl (C=O) groups excluding carboxylic acids is 1. The highest BCUT2D eigenvalue weighted by atomic mass is 79.9. The molecule has 0 bridgehead atoms. The molecule has 1 saturated heterocycles. The number of carbonyl (C=O) groups is 1. The fourth-order valence-corrected chi connectivity index (χ4v) is 3.27. The van der Waals surface area contributed by atoms with Gasteiger partial charge in [0, 0.05) is 36.3 Å². The van der Waals surface area contributed by atoms with E-state index in [1.54, 1.807) is 12.1 Å². The molecule has 25 heavy (non-hydrogen) atoms. The molecule has 0 aromatic heterocycles. The van der Waals surface area contributed by atoms with Crippen molar-refractivity contribution in [3.63, 3.8) is 0 Å². The van der Waals surface area contributed by atoms with E-state index >= 15 is 0 Å². The number of hydrogen-bond donors (Lipinski definition) is 1. The molecule has 1 heterocycles. The minimum absolute atomic E-state index is 0.0262. The number of piperazine rings is 1. The fourth-order valence-electron chi connectivity index (χ4n) is 3.00. The molecule has 0 radical (unpaired) electrons. The van der Waals surface area contributed by atoms with Gasteiger partial charge in [-0.25, -0.2) is 4.39 Å². The third-order valence-electron chi connectivity index (χ3n) is 4.55. The van der Waals surface area contributed by atoms with Crippen LogP contribution in [0.3, 0.4) is 0 Å². The molecule has 4 nitrogen and oxygen atoms in total. The van der Waals surface area contributed by atoms with Gasteiger partial charge in [0.25, 0.3) is 0 Å². The predicted molar refractivity (Wildman–Crippen MR) is 102 cm³/mol. The van der Waals surface area contributed by atoms with Gasteiger partial charge in [-0.15, -0.1) is 0 Å². The molecule has 0 saturated carbocycles. The second-order valence-electron chi connectivity index (χ2n) is 6.15. The van der Waals surface area contributed by atoms with Crippen molar-refractivity contribution in [2.75, 3.05) is 36.4 Å². The van der Waals surface area contributed by atoms with Crippen LogP contribution < -0.4 is 10.2 Å². The molecule has 1 aliphatic rings. The zero-order valence-corrected chi connectivity index (χ0v) is 15.7. The number of hydrogen-bond acceptors (Lipinski definition) is 3. The van der Waals surface area contributed by atoms with E-state index in [0.29, 0.717) is 18.8 Å². The number of benzene rings is 2. The highest BCUT2D eigenvalue weighted by Crippen LogP contribution is 2.21. The van der Waals surface area contributed by atoms with Gasteiger partial charge >= 0.3 is 0 Å². The van der Waals surface area contributed by atoms with E-state index in [4.69, 9.17) is 0 Å². The van der Waals surface area contributed by atoms with Gasteiger partial charge in [0.1, 0.15) is 5.82 Å². The first kappa shape index (κ1) is 17.9. The molecule has 1 fully saturated rings. The Hall–Kier alpha value is -1.92. The molecule has 1 aliphatic heterocycles. The van der Waals surface area contributed by atoms with E-state index in [1.807, 2.05) is 42.2 Å². The molecule has 0 unspecified atom stereocenters. The van der Waals surface area contributed by atoms with Gasteiger partial charge < -0.3 is 10.2 Å². The topological polar surface area (TPSA) is 35.6 Å². The van der Waals surface area contributed by atoms with E-state index in [1.165, 1.54) is 6.07 Å². The third-order valence-corrected chi connectivity index (χ3v) is 5.07. The summed E-state index contributed by atoms with van der Waals surface area (Å²) >= 11 is 3.38.